The maximum Gasteiger partial charge on any atom is 0.335 e. The minimum Gasteiger partial charge on any atom is -0.345 e. The van der Waals surface area contributed by atoms with Crippen LogP contribution in [0.25, 0.3) is 0 Å². The summed E-state index contributed by atoms with van der Waals surface area (Å²) in [6.45, 7) is 0. The van der Waals surface area contributed by atoms with Crippen LogP contribution in [0.3, 0.4) is 0 Å². The molecule has 1 heterocycles. The number of sulfonamides is 1. The minimum absolute atomic E-state index is 0.0134. The number of carbonyl (C=O) groups is 3. The zero-order valence-corrected chi connectivity index (χ0v) is 17.4. The Morgan fingerprint density at radius 2 is 1.90 bits per heavy atom. The van der Waals surface area contributed by atoms with Crippen molar-refractivity contribution in [2.45, 2.75) is 10.8 Å². The molecular formula is C17H21N5O7S. The molecule has 0 aliphatic carbocycles. The van der Waals surface area contributed by atoms with Gasteiger partial charge in [0.1, 0.15) is 11.2 Å². The van der Waals surface area contributed by atoms with Crippen LogP contribution in [-0.2, 0) is 19.5 Å². The smallest absolute Gasteiger partial charge is 0.335 e. The summed E-state index contributed by atoms with van der Waals surface area (Å²) in [5, 5.41) is 4.80. The molecule has 3 amide bonds. The molecule has 3 N–H and O–H groups in total. The highest BCUT2D eigenvalue weighted by Crippen LogP contribution is 2.19. The summed E-state index contributed by atoms with van der Waals surface area (Å²) < 4.78 is 37.5. The SMILES string of the molecule is COC1(OC)C=CNC(NC(=O)NS(=O)(=O)c2cc(C=O)ccc2C(=O)N(C)C)=N1. The van der Waals surface area contributed by atoms with Crippen molar-refractivity contribution in [2.75, 3.05) is 28.3 Å². The topological polar surface area (TPSA) is 156 Å². The maximum absolute atomic E-state index is 12.8. The summed E-state index contributed by atoms with van der Waals surface area (Å²) in [5.41, 5.74) is -0.195. The first-order valence-corrected chi connectivity index (χ1v) is 9.85. The molecule has 162 valence electrons. The first-order valence-electron chi connectivity index (χ1n) is 8.36. The molecule has 0 radical (unpaired) electrons. The van der Waals surface area contributed by atoms with E-state index >= 15 is 0 Å². The number of benzene rings is 1. The van der Waals surface area contributed by atoms with Gasteiger partial charge in [-0.2, -0.15) is 4.99 Å². The molecule has 0 saturated heterocycles. The number of aldehydes is 1. The number of guanidine groups is 1. The lowest BCUT2D eigenvalue weighted by Crippen LogP contribution is -2.50. The van der Waals surface area contributed by atoms with E-state index in [1.807, 2.05) is 0 Å². The van der Waals surface area contributed by atoms with Gasteiger partial charge in [0, 0.05) is 46.2 Å². The van der Waals surface area contributed by atoms with Crippen LogP contribution in [0, 0.1) is 0 Å². The average molecular weight is 439 g/mol. The molecule has 0 atom stereocenters. The van der Waals surface area contributed by atoms with Crippen molar-refractivity contribution < 1.29 is 32.3 Å². The fourth-order valence-corrected chi connectivity index (χ4v) is 3.53. The van der Waals surface area contributed by atoms with E-state index in [0.717, 1.165) is 11.0 Å². The highest BCUT2D eigenvalue weighted by molar-refractivity contribution is 7.90. The summed E-state index contributed by atoms with van der Waals surface area (Å²) >= 11 is 0. The van der Waals surface area contributed by atoms with E-state index in [0.29, 0.717) is 6.29 Å². The average Bonchev–Trinajstić information content (AvgIpc) is 2.72. The maximum atomic E-state index is 12.8. The number of aliphatic imine (C=N–C) groups is 1. The molecule has 1 aliphatic heterocycles. The first kappa shape index (κ1) is 23.0. The Bertz CT molecular complexity index is 1010. The molecule has 1 aromatic rings. The molecule has 12 nitrogen and oxygen atoms in total. The van der Waals surface area contributed by atoms with Crippen LogP contribution in [0.15, 0.2) is 40.4 Å². The molecule has 0 unspecified atom stereocenters. The number of carbonyl (C=O) groups excluding carboxylic acids is 3. The van der Waals surface area contributed by atoms with E-state index < -0.39 is 32.8 Å². The second kappa shape index (κ2) is 9.02. The molecule has 1 aliphatic rings. The second-order valence-corrected chi connectivity index (χ2v) is 7.76. The van der Waals surface area contributed by atoms with Crippen LogP contribution in [0.4, 0.5) is 4.79 Å². The van der Waals surface area contributed by atoms with Gasteiger partial charge >= 0.3 is 6.03 Å². The van der Waals surface area contributed by atoms with Gasteiger partial charge in [-0.05, 0) is 12.1 Å². The molecule has 0 saturated carbocycles. The van der Waals surface area contributed by atoms with E-state index in [4.69, 9.17) is 9.47 Å². The van der Waals surface area contributed by atoms with E-state index in [-0.39, 0.29) is 17.1 Å². The zero-order chi connectivity index (χ0) is 22.5. The van der Waals surface area contributed by atoms with Crippen LogP contribution < -0.4 is 15.4 Å². The Kier molecular flexibility index (Phi) is 6.92. The number of methoxy groups -OCH3 is 2. The summed E-state index contributed by atoms with van der Waals surface area (Å²) in [7, 11) is 1.00. The van der Waals surface area contributed by atoms with Crippen molar-refractivity contribution in [3.8, 4) is 0 Å². The fourth-order valence-electron chi connectivity index (χ4n) is 2.39. The van der Waals surface area contributed by atoms with Crippen LogP contribution in [0.2, 0.25) is 0 Å². The highest BCUT2D eigenvalue weighted by atomic mass is 32.2. The Morgan fingerprint density at radius 1 is 1.23 bits per heavy atom. The monoisotopic (exact) mass is 439 g/mol. The van der Waals surface area contributed by atoms with Gasteiger partial charge in [0.2, 0.25) is 5.96 Å². The third-order valence-electron chi connectivity index (χ3n) is 3.89. The molecule has 0 bridgehead atoms. The van der Waals surface area contributed by atoms with Crippen molar-refractivity contribution in [2.24, 2.45) is 4.99 Å². The van der Waals surface area contributed by atoms with Gasteiger partial charge in [-0.1, -0.05) is 6.07 Å². The lowest BCUT2D eigenvalue weighted by Gasteiger charge is -2.26. The number of hydrogen-bond acceptors (Lipinski definition) is 9. The van der Waals surface area contributed by atoms with Crippen molar-refractivity contribution in [1.29, 1.82) is 0 Å². The van der Waals surface area contributed by atoms with Crippen LogP contribution in [0.1, 0.15) is 20.7 Å². The number of urea groups is 1. The second-order valence-electron chi connectivity index (χ2n) is 6.11. The molecule has 30 heavy (non-hydrogen) atoms. The molecular weight excluding hydrogens is 418 g/mol. The third-order valence-corrected chi connectivity index (χ3v) is 5.26. The predicted octanol–water partition coefficient (Wildman–Crippen LogP) is -0.392. The molecule has 1 aromatic carbocycles. The Balaban J connectivity index is 2.30. The molecule has 0 fully saturated rings. The third kappa shape index (κ3) is 5.00. The number of hydrogen-bond donors (Lipinski definition) is 3. The summed E-state index contributed by atoms with van der Waals surface area (Å²) in [6.07, 6.45) is 3.23. The lowest BCUT2D eigenvalue weighted by atomic mass is 10.1. The molecule has 0 spiro atoms. The Morgan fingerprint density at radius 3 is 2.47 bits per heavy atom. The number of nitrogens with zero attached hydrogens (tertiary/aromatic N) is 2. The standard InChI is InChI=1S/C17H21N5O7S/c1-22(2)14(24)12-6-5-11(10-23)9-13(12)30(26,27)21-16(25)19-15-18-8-7-17(20-15,28-3)29-4/h5-10H,1-4H3,(H3,18,19,20,21,25). The van der Waals surface area contributed by atoms with E-state index in [9.17, 15) is 22.8 Å². The number of amides is 3. The molecule has 0 aromatic heterocycles. The Hall–Kier alpha value is -3.29. The van der Waals surface area contributed by atoms with Gasteiger partial charge < -0.3 is 19.7 Å². The number of ether oxygens (including phenoxy) is 2. The largest absolute Gasteiger partial charge is 0.345 e. The van der Waals surface area contributed by atoms with Gasteiger partial charge in [-0.3, -0.25) is 14.9 Å². The van der Waals surface area contributed by atoms with Crippen molar-refractivity contribution in [1.82, 2.24) is 20.3 Å². The van der Waals surface area contributed by atoms with Crippen LogP contribution in [-0.4, -0.2) is 71.7 Å². The van der Waals surface area contributed by atoms with E-state index in [1.165, 1.54) is 52.7 Å². The predicted molar refractivity (Wildman–Crippen MR) is 105 cm³/mol. The van der Waals surface area contributed by atoms with Gasteiger partial charge in [0.25, 0.3) is 21.8 Å². The first-order chi connectivity index (χ1) is 14.1. The van der Waals surface area contributed by atoms with Crippen LogP contribution >= 0.6 is 0 Å². The van der Waals surface area contributed by atoms with Gasteiger partial charge in [0.15, 0.2) is 0 Å². The quantitative estimate of drug-likeness (QED) is 0.400. The van der Waals surface area contributed by atoms with Crippen molar-refractivity contribution in [3.63, 3.8) is 0 Å². The summed E-state index contributed by atoms with van der Waals surface area (Å²) in [5.74, 6) is -2.27. The fraction of sp³-hybridized carbons (Fsp3) is 0.294. The van der Waals surface area contributed by atoms with E-state index in [1.54, 1.807) is 4.72 Å². The van der Waals surface area contributed by atoms with Crippen LogP contribution in [0.5, 0.6) is 0 Å². The normalized spacial score (nSPS) is 14.9. The van der Waals surface area contributed by atoms with Crippen molar-refractivity contribution in [3.05, 3.63) is 41.6 Å². The minimum atomic E-state index is -4.52. The lowest BCUT2D eigenvalue weighted by molar-refractivity contribution is -0.164. The number of rotatable bonds is 6. The van der Waals surface area contributed by atoms with E-state index in [2.05, 4.69) is 15.6 Å². The highest BCUT2D eigenvalue weighted by Gasteiger charge is 2.30. The molecule has 13 heteroatoms. The zero-order valence-electron chi connectivity index (χ0n) is 16.6. The summed E-state index contributed by atoms with van der Waals surface area (Å²) in [4.78, 5) is 40.3. The van der Waals surface area contributed by atoms with Crippen molar-refractivity contribution >= 4 is 34.2 Å². The molecule has 2 rings (SSSR count). The Labute approximate surface area is 173 Å². The summed E-state index contributed by atoms with van der Waals surface area (Å²) in [6, 6.07) is 2.32. The van der Waals surface area contributed by atoms with Gasteiger partial charge in [-0.15, -0.1) is 0 Å². The number of nitrogens with one attached hydrogen (secondary N) is 3. The van der Waals surface area contributed by atoms with Gasteiger partial charge in [-0.25, -0.2) is 17.9 Å². The van der Waals surface area contributed by atoms with Gasteiger partial charge in [0.05, 0.1) is 5.56 Å².